The van der Waals surface area contributed by atoms with E-state index in [1.807, 2.05) is 13.8 Å². The molecular weight excluding hydrogens is 339 g/mol. The molecule has 2 aliphatic rings. The third-order valence-corrected chi connectivity index (χ3v) is 5.48. The summed E-state index contributed by atoms with van der Waals surface area (Å²) in [6, 6.07) is 2.57. The molecule has 0 saturated carbocycles. The molecule has 1 aromatic rings. The van der Waals surface area contributed by atoms with Crippen LogP contribution in [0.2, 0.25) is 0 Å². The van der Waals surface area contributed by atoms with Gasteiger partial charge in [0.05, 0.1) is 7.11 Å². The van der Waals surface area contributed by atoms with Gasteiger partial charge in [-0.2, -0.15) is 0 Å². The van der Waals surface area contributed by atoms with Crippen molar-refractivity contribution in [1.82, 2.24) is 0 Å². The summed E-state index contributed by atoms with van der Waals surface area (Å²) in [4.78, 5) is 12.3. The van der Waals surface area contributed by atoms with E-state index in [-0.39, 0.29) is 35.9 Å². The molecule has 0 aromatic heterocycles. The number of phenols is 1. The molecule has 0 spiro atoms. The molecule has 1 aliphatic carbocycles. The highest BCUT2D eigenvalue weighted by atomic mass is 19.1. The van der Waals surface area contributed by atoms with Gasteiger partial charge in [0.15, 0.2) is 24.1 Å². The normalized spacial score (nSPS) is 26.1. The zero-order valence-corrected chi connectivity index (χ0v) is 15.4. The second kappa shape index (κ2) is 7.27. The van der Waals surface area contributed by atoms with Crippen LogP contribution < -0.4 is 4.74 Å². The Kier molecular flexibility index (Phi) is 5.23. The van der Waals surface area contributed by atoms with Gasteiger partial charge in [-0.05, 0) is 36.8 Å². The zero-order valence-electron chi connectivity index (χ0n) is 15.4. The average molecular weight is 364 g/mol. The van der Waals surface area contributed by atoms with Crippen LogP contribution in [0, 0.1) is 17.7 Å². The van der Waals surface area contributed by atoms with E-state index >= 15 is 0 Å². The number of carbonyl (C=O) groups is 1. The topological polar surface area (TPSA) is 65.0 Å². The van der Waals surface area contributed by atoms with Crippen molar-refractivity contribution in [2.45, 2.75) is 45.1 Å². The van der Waals surface area contributed by atoms with Crippen molar-refractivity contribution in [3.05, 3.63) is 35.3 Å². The van der Waals surface area contributed by atoms with Crippen molar-refractivity contribution in [3.8, 4) is 11.5 Å². The number of aromatic hydroxyl groups is 1. The standard InChI is InChI=1S/C20H25FO5/c1-4-5-13-10-20(19(9-16(13)22)25-11-26-20)12(2)6-14-7-17(23)18(24-3)8-15(14)21/h7-9,12-13,23H,4-6,10-11H2,1-3H3/t12?,13?,20-/m1/s1. The number of fused-ring (bicyclic) bond motifs is 1. The largest absolute Gasteiger partial charge is 0.504 e. The Balaban J connectivity index is 1.88. The summed E-state index contributed by atoms with van der Waals surface area (Å²) in [5.74, 6) is -0.0682. The summed E-state index contributed by atoms with van der Waals surface area (Å²) < 4.78 is 30.9. The highest BCUT2D eigenvalue weighted by Crippen LogP contribution is 2.46. The molecule has 5 nitrogen and oxygen atoms in total. The predicted octanol–water partition coefficient (Wildman–Crippen LogP) is 3.73. The maximum Gasteiger partial charge on any atom is 0.189 e. The minimum Gasteiger partial charge on any atom is -0.504 e. The van der Waals surface area contributed by atoms with E-state index in [9.17, 15) is 14.3 Å². The van der Waals surface area contributed by atoms with Crippen molar-refractivity contribution in [1.29, 1.82) is 0 Å². The number of hydrogen-bond donors (Lipinski definition) is 1. The number of ketones is 1. The Bertz CT molecular complexity index is 729. The molecule has 1 heterocycles. The van der Waals surface area contributed by atoms with E-state index in [2.05, 4.69) is 0 Å². The molecule has 3 rings (SSSR count). The van der Waals surface area contributed by atoms with Crippen LogP contribution in [0.1, 0.15) is 38.7 Å². The molecule has 3 atom stereocenters. The van der Waals surface area contributed by atoms with Gasteiger partial charge in [0.2, 0.25) is 0 Å². The van der Waals surface area contributed by atoms with Gasteiger partial charge >= 0.3 is 0 Å². The van der Waals surface area contributed by atoms with Gasteiger partial charge in [-0.15, -0.1) is 0 Å². The molecule has 1 aromatic carbocycles. The SMILES string of the molecule is CCCC1C[C@]2(C(C)Cc3cc(O)c(OC)cc3F)OCOC2=CC1=O. The summed E-state index contributed by atoms with van der Waals surface area (Å²) in [7, 11) is 1.38. The molecule has 1 N–H and O–H groups in total. The molecule has 2 unspecified atom stereocenters. The summed E-state index contributed by atoms with van der Waals surface area (Å²) in [6.07, 6.45) is 4.13. The maximum atomic E-state index is 14.4. The van der Waals surface area contributed by atoms with Crippen molar-refractivity contribution in [3.63, 3.8) is 0 Å². The van der Waals surface area contributed by atoms with E-state index in [4.69, 9.17) is 14.2 Å². The first kappa shape index (κ1) is 18.7. The van der Waals surface area contributed by atoms with Gasteiger partial charge in [-0.3, -0.25) is 4.79 Å². The Labute approximate surface area is 152 Å². The fourth-order valence-corrected chi connectivity index (χ4v) is 4.01. The minimum atomic E-state index is -0.726. The molecular formula is C20H25FO5. The monoisotopic (exact) mass is 364 g/mol. The third kappa shape index (κ3) is 3.18. The van der Waals surface area contributed by atoms with Crippen LogP contribution in [0.3, 0.4) is 0 Å². The number of allylic oxidation sites excluding steroid dienone is 1. The van der Waals surface area contributed by atoms with Crippen LogP contribution in [-0.2, 0) is 20.7 Å². The molecule has 1 aliphatic heterocycles. The van der Waals surface area contributed by atoms with Crippen LogP contribution in [0.15, 0.2) is 24.0 Å². The fraction of sp³-hybridized carbons (Fsp3) is 0.550. The number of halogens is 1. The van der Waals surface area contributed by atoms with Crippen LogP contribution in [0.25, 0.3) is 0 Å². The Morgan fingerprint density at radius 1 is 1.46 bits per heavy atom. The van der Waals surface area contributed by atoms with Gasteiger partial charge in [-0.25, -0.2) is 4.39 Å². The smallest absolute Gasteiger partial charge is 0.189 e. The van der Waals surface area contributed by atoms with Crippen molar-refractivity contribution >= 4 is 5.78 Å². The number of rotatable bonds is 6. The van der Waals surface area contributed by atoms with Crippen LogP contribution in [0.4, 0.5) is 4.39 Å². The van der Waals surface area contributed by atoms with Gasteiger partial charge in [-0.1, -0.05) is 20.3 Å². The quantitative estimate of drug-likeness (QED) is 0.833. The summed E-state index contributed by atoms with van der Waals surface area (Å²) >= 11 is 0. The Hall–Kier alpha value is -2.08. The van der Waals surface area contributed by atoms with Crippen LogP contribution in [-0.4, -0.2) is 30.4 Å². The Morgan fingerprint density at radius 2 is 2.23 bits per heavy atom. The lowest BCUT2D eigenvalue weighted by molar-refractivity contribution is -0.123. The van der Waals surface area contributed by atoms with Crippen LogP contribution >= 0.6 is 0 Å². The number of methoxy groups -OCH3 is 1. The summed E-state index contributed by atoms with van der Waals surface area (Å²) in [5.41, 5.74) is -0.348. The summed E-state index contributed by atoms with van der Waals surface area (Å²) in [6.45, 7) is 4.10. The van der Waals surface area contributed by atoms with Gasteiger partial charge in [0, 0.05) is 18.1 Å². The van der Waals surface area contributed by atoms with E-state index in [0.29, 0.717) is 24.2 Å². The predicted molar refractivity (Wildman–Crippen MR) is 93.4 cm³/mol. The molecule has 6 heteroatoms. The second-order valence-electron chi connectivity index (χ2n) is 7.12. The van der Waals surface area contributed by atoms with Crippen molar-refractivity contribution in [2.24, 2.45) is 11.8 Å². The van der Waals surface area contributed by atoms with Gasteiger partial charge < -0.3 is 19.3 Å². The van der Waals surface area contributed by atoms with Crippen molar-refractivity contribution in [2.75, 3.05) is 13.9 Å². The molecule has 1 fully saturated rings. The van der Waals surface area contributed by atoms with E-state index in [1.165, 1.54) is 19.2 Å². The van der Waals surface area contributed by atoms with Crippen molar-refractivity contribution < 1.29 is 28.5 Å². The number of phenolic OH excluding ortho intramolecular Hbond substituents is 1. The van der Waals surface area contributed by atoms with E-state index < -0.39 is 11.4 Å². The number of ether oxygens (including phenoxy) is 3. The molecule has 26 heavy (non-hydrogen) atoms. The third-order valence-electron chi connectivity index (χ3n) is 5.48. The van der Waals surface area contributed by atoms with E-state index in [0.717, 1.165) is 12.8 Å². The highest BCUT2D eigenvalue weighted by Gasteiger charge is 2.51. The maximum absolute atomic E-state index is 14.4. The number of hydrogen-bond acceptors (Lipinski definition) is 5. The fourth-order valence-electron chi connectivity index (χ4n) is 4.01. The second-order valence-corrected chi connectivity index (χ2v) is 7.12. The molecule has 0 radical (unpaired) electrons. The first-order chi connectivity index (χ1) is 12.4. The minimum absolute atomic E-state index is 0.0726. The Morgan fingerprint density at radius 3 is 2.92 bits per heavy atom. The summed E-state index contributed by atoms with van der Waals surface area (Å²) in [5, 5.41) is 9.97. The van der Waals surface area contributed by atoms with E-state index in [1.54, 1.807) is 6.08 Å². The number of benzene rings is 1. The first-order valence-corrected chi connectivity index (χ1v) is 8.99. The lowest BCUT2D eigenvalue weighted by Gasteiger charge is -2.38. The zero-order chi connectivity index (χ0) is 18.9. The highest BCUT2D eigenvalue weighted by molar-refractivity contribution is 5.93. The lowest BCUT2D eigenvalue weighted by atomic mass is 9.71. The molecule has 0 amide bonds. The number of carbonyl (C=O) groups excluding carboxylic acids is 1. The lowest BCUT2D eigenvalue weighted by Crippen LogP contribution is -2.45. The molecule has 142 valence electrons. The first-order valence-electron chi connectivity index (χ1n) is 8.99. The van der Waals surface area contributed by atoms with Crippen LogP contribution in [0.5, 0.6) is 11.5 Å². The average Bonchev–Trinajstić information content (AvgIpc) is 3.02. The van der Waals surface area contributed by atoms with Gasteiger partial charge in [0.1, 0.15) is 17.2 Å². The molecule has 1 saturated heterocycles. The molecule has 0 bridgehead atoms. The van der Waals surface area contributed by atoms with Gasteiger partial charge in [0.25, 0.3) is 0 Å².